The second-order valence-corrected chi connectivity index (χ2v) is 6.79. The monoisotopic (exact) mass is 487 g/mol. The van der Waals surface area contributed by atoms with Crippen LogP contribution in [0.2, 0.25) is 0 Å². The summed E-state index contributed by atoms with van der Waals surface area (Å²) in [4.78, 5) is 23.1. The summed E-state index contributed by atoms with van der Waals surface area (Å²) in [6.45, 7) is 0. The van der Waals surface area contributed by atoms with Gasteiger partial charge in [-0.2, -0.15) is 23.0 Å². The molecule has 35 heavy (non-hydrogen) atoms. The zero-order valence-corrected chi connectivity index (χ0v) is 17.2. The van der Waals surface area contributed by atoms with Crippen LogP contribution in [0.4, 0.5) is 24.7 Å². The smallest absolute Gasteiger partial charge is 0.378 e. The Kier molecular flexibility index (Phi) is 5.92. The van der Waals surface area contributed by atoms with Gasteiger partial charge in [-0.25, -0.2) is 10.1 Å². The van der Waals surface area contributed by atoms with Gasteiger partial charge in [-0.05, 0) is 40.1 Å². The van der Waals surface area contributed by atoms with Crippen LogP contribution in [0.1, 0.15) is 21.6 Å². The van der Waals surface area contributed by atoms with Gasteiger partial charge in [0.05, 0.1) is 16.7 Å². The van der Waals surface area contributed by atoms with E-state index in [0.717, 1.165) is 23.0 Å². The molecule has 0 aliphatic rings. The normalized spacial score (nSPS) is 11.6. The highest BCUT2D eigenvalue weighted by atomic mass is 19.4. The maximum absolute atomic E-state index is 12.8. The number of alkyl halides is 3. The Balaban J connectivity index is 1.63. The van der Waals surface area contributed by atoms with Gasteiger partial charge in [0, 0.05) is 17.7 Å². The minimum Gasteiger partial charge on any atom is -0.378 e. The van der Waals surface area contributed by atoms with E-state index in [0.29, 0.717) is 11.1 Å². The van der Waals surface area contributed by atoms with Crippen LogP contribution in [0, 0.1) is 10.1 Å². The highest BCUT2D eigenvalue weighted by molar-refractivity contribution is 5.98. The maximum atomic E-state index is 12.8. The number of hydrogen-bond donors (Lipinski definition) is 2. The van der Waals surface area contributed by atoms with Crippen LogP contribution in [0.5, 0.6) is 0 Å². The molecule has 0 fully saturated rings. The average molecular weight is 487 g/mol. The van der Waals surface area contributed by atoms with Gasteiger partial charge in [-0.15, -0.1) is 5.10 Å². The number of nitro groups is 1. The predicted octanol–water partition coefficient (Wildman–Crippen LogP) is 2.59. The molecule has 2 aromatic heterocycles. The molecule has 0 aliphatic heterocycles. The number of nitrogens with two attached hydrogens (primary N) is 1. The van der Waals surface area contributed by atoms with Gasteiger partial charge in [-0.1, -0.05) is 17.3 Å². The Morgan fingerprint density at radius 1 is 1.14 bits per heavy atom. The molecular formula is C19H12F3N9O4. The van der Waals surface area contributed by atoms with E-state index in [1.54, 1.807) is 0 Å². The van der Waals surface area contributed by atoms with Crippen molar-refractivity contribution in [3.8, 4) is 17.1 Å². The van der Waals surface area contributed by atoms with Crippen LogP contribution in [-0.4, -0.2) is 42.4 Å². The van der Waals surface area contributed by atoms with E-state index in [1.807, 2.05) is 0 Å². The molecule has 4 rings (SSSR count). The summed E-state index contributed by atoms with van der Waals surface area (Å²) >= 11 is 0. The van der Waals surface area contributed by atoms with Crippen molar-refractivity contribution in [3.63, 3.8) is 0 Å². The zero-order valence-electron chi connectivity index (χ0n) is 17.2. The lowest BCUT2D eigenvalue weighted by atomic mass is 10.1. The van der Waals surface area contributed by atoms with Crippen LogP contribution in [0.15, 0.2) is 58.3 Å². The van der Waals surface area contributed by atoms with E-state index >= 15 is 0 Å². The number of nitrogens with one attached hydrogen (secondary N) is 1. The van der Waals surface area contributed by atoms with Crippen molar-refractivity contribution in [3.05, 3.63) is 75.5 Å². The minimum absolute atomic E-state index is 0.0459. The van der Waals surface area contributed by atoms with E-state index < -0.39 is 22.6 Å². The number of aromatic nitrogens is 5. The van der Waals surface area contributed by atoms with Gasteiger partial charge in [0.1, 0.15) is 5.69 Å². The number of rotatable bonds is 6. The number of nitro benzene ring substituents is 1. The Hall–Kier alpha value is -5.15. The second kappa shape index (κ2) is 9.00. The number of non-ortho nitro benzene ring substituents is 1. The predicted molar refractivity (Wildman–Crippen MR) is 112 cm³/mol. The van der Waals surface area contributed by atoms with E-state index in [9.17, 15) is 28.1 Å². The highest BCUT2D eigenvalue weighted by Gasteiger charge is 2.30. The first-order valence-electron chi connectivity index (χ1n) is 9.44. The number of nitrogen functional groups attached to an aromatic ring is 1. The lowest BCUT2D eigenvalue weighted by Crippen LogP contribution is -2.19. The summed E-state index contributed by atoms with van der Waals surface area (Å²) in [6.07, 6.45) is -3.35. The number of benzene rings is 2. The fourth-order valence-electron chi connectivity index (χ4n) is 2.90. The van der Waals surface area contributed by atoms with Crippen LogP contribution in [0.3, 0.4) is 0 Å². The summed E-state index contributed by atoms with van der Waals surface area (Å²) in [7, 11) is 0. The van der Waals surface area contributed by atoms with E-state index in [1.165, 1.54) is 36.4 Å². The topological polar surface area (TPSA) is 180 Å². The fraction of sp³-hybridized carbons (Fsp3) is 0.0526. The number of carbonyl (C=O) groups is 1. The zero-order chi connectivity index (χ0) is 25.2. The van der Waals surface area contributed by atoms with Gasteiger partial charge in [0.25, 0.3) is 11.6 Å². The Morgan fingerprint density at radius 3 is 2.40 bits per heavy atom. The molecule has 3 N–H and O–H groups in total. The quantitative estimate of drug-likeness (QED) is 0.235. The van der Waals surface area contributed by atoms with Crippen molar-refractivity contribution in [2.45, 2.75) is 6.18 Å². The summed E-state index contributed by atoms with van der Waals surface area (Å²) in [5.74, 6) is -1.09. The summed E-state index contributed by atoms with van der Waals surface area (Å²) in [5, 5.41) is 29.4. The number of halogens is 3. The van der Waals surface area contributed by atoms with Gasteiger partial charge in [0.15, 0.2) is 5.69 Å². The largest absolute Gasteiger partial charge is 0.416 e. The van der Waals surface area contributed by atoms with Crippen molar-refractivity contribution >= 4 is 23.6 Å². The molecular weight excluding hydrogens is 475 g/mol. The van der Waals surface area contributed by atoms with Crippen LogP contribution >= 0.6 is 0 Å². The molecule has 2 heterocycles. The summed E-state index contributed by atoms with van der Waals surface area (Å²) < 4.78 is 43.6. The molecule has 16 heteroatoms. The standard InChI is InChI=1S/C19H12F3N9O4/c20-19(21,22)12-5-1-10(2-6-12)9-24-26-18(32)14-15(11-3-7-13(8-4-11)31(33)34)30(29-25-14)17-16(23)27-35-28-17/h1-9H,(H2,23,27)(H,26,32). The second-order valence-electron chi connectivity index (χ2n) is 6.79. The Labute approximate surface area is 192 Å². The van der Waals surface area contributed by atoms with Gasteiger partial charge in [-0.3, -0.25) is 14.9 Å². The number of hydrogen-bond acceptors (Lipinski definition) is 10. The van der Waals surface area contributed by atoms with Gasteiger partial charge >= 0.3 is 6.18 Å². The molecule has 0 saturated heterocycles. The third-order valence-electron chi connectivity index (χ3n) is 4.55. The van der Waals surface area contributed by atoms with Crippen molar-refractivity contribution in [2.75, 3.05) is 5.73 Å². The molecule has 0 spiro atoms. The number of amides is 1. The molecule has 0 saturated carbocycles. The lowest BCUT2D eigenvalue weighted by Gasteiger charge is -2.06. The Bertz CT molecular complexity index is 1410. The maximum Gasteiger partial charge on any atom is 0.416 e. The minimum atomic E-state index is -4.48. The van der Waals surface area contributed by atoms with Gasteiger partial charge < -0.3 is 5.73 Å². The molecule has 0 bridgehead atoms. The molecule has 4 aromatic rings. The molecule has 0 aliphatic carbocycles. The Morgan fingerprint density at radius 2 is 1.83 bits per heavy atom. The number of hydrazone groups is 1. The molecule has 2 aromatic carbocycles. The molecule has 1 amide bonds. The third-order valence-corrected chi connectivity index (χ3v) is 4.55. The first kappa shape index (κ1) is 23.0. The lowest BCUT2D eigenvalue weighted by molar-refractivity contribution is -0.384. The van der Waals surface area contributed by atoms with Crippen LogP contribution < -0.4 is 11.2 Å². The van der Waals surface area contributed by atoms with Gasteiger partial charge in [0.2, 0.25) is 11.6 Å². The van der Waals surface area contributed by atoms with E-state index in [4.69, 9.17) is 5.73 Å². The number of carbonyl (C=O) groups excluding carboxylic acids is 1. The van der Waals surface area contributed by atoms with Crippen molar-refractivity contribution in [1.82, 2.24) is 30.7 Å². The number of nitrogens with zero attached hydrogens (tertiary/aromatic N) is 7. The summed E-state index contributed by atoms with van der Waals surface area (Å²) in [6, 6.07) is 9.24. The first-order chi connectivity index (χ1) is 16.6. The van der Waals surface area contributed by atoms with Crippen LogP contribution in [0.25, 0.3) is 17.1 Å². The van der Waals surface area contributed by atoms with Crippen molar-refractivity contribution in [2.24, 2.45) is 5.10 Å². The average Bonchev–Trinajstić information content (AvgIpc) is 3.44. The SMILES string of the molecule is Nc1nonc1-n1nnc(C(=O)NN=Cc2ccc(C(F)(F)F)cc2)c1-c1ccc([N+](=O)[O-])cc1. The molecule has 0 unspecified atom stereocenters. The number of anilines is 1. The van der Waals surface area contributed by atoms with Crippen molar-refractivity contribution in [1.29, 1.82) is 0 Å². The first-order valence-corrected chi connectivity index (χ1v) is 9.44. The highest BCUT2D eigenvalue weighted by Crippen LogP contribution is 2.29. The molecule has 0 atom stereocenters. The molecule has 13 nitrogen and oxygen atoms in total. The molecule has 178 valence electrons. The summed E-state index contributed by atoms with van der Waals surface area (Å²) in [5.41, 5.74) is 7.26. The van der Waals surface area contributed by atoms with Crippen molar-refractivity contribution < 1.29 is 27.5 Å². The fourth-order valence-corrected chi connectivity index (χ4v) is 2.90. The third kappa shape index (κ3) is 4.80. The molecule has 0 radical (unpaired) electrons. The van der Waals surface area contributed by atoms with E-state index in [-0.39, 0.29) is 28.7 Å². The van der Waals surface area contributed by atoms with E-state index in [2.05, 4.69) is 35.8 Å². The van der Waals surface area contributed by atoms with Crippen LogP contribution in [-0.2, 0) is 6.18 Å².